The summed E-state index contributed by atoms with van der Waals surface area (Å²) in [5, 5.41) is 0. The van der Waals surface area contributed by atoms with E-state index in [-0.39, 0.29) is 0 Å². The molecule has 0 aliphatic heterocycles. The molecular formula is C12H28SSi. The predicted octanol–water partition coefficient (Wildman–Crippen LogP) is 4.99. The Kier molecular flexibility index (Phi) is 9.20. The van der Waals surface area contributed by atoms with Crippen LogP contribution in [0.5, 0.6) is 0 Å². The summed E-state index contributed by atoms with van der Waals surface area (Å²) in [6, 6.07) is 6.05. The molecule has 0 aliphatic carbocycles. The van der Waals surface area contributed by atoms with Crippen molar-refractivity contribution in [1.82, 2.24) is 0 Å². The summed E-state index contributed by atoms with van der Waals surface area (Å²) in [7, 11) is -0.797. The van der Waals surface area contributed by atoms with Gasteiger partial charge >= 0.3 is 0 Å². The zero-order valence-electron chi connectivity index (χ0n) is 10.3. The second-order valence-electron chi connectivity index (χ2n) is 4.45. The lowest BCUT2D eigenvalue weighted by Crippen LogP contribution is -2.30. The molecule has 0 amide bonds. The standard InChI is InChI=1S/C12H28SSi/c1-4-14(5-2,6-3)12-10-8-7-9-11-13/h13H,4-12H2,1-3H3. The van der Waals surface area contributed by atoms with E-state index in [1.54, 1.807) is 6.04 Å². The van der Waals surface area contributed by atoms with Crippen LogP contribution < -0.4 is 0 Å². The average molecular weight is 233 g/mol. The minimum atomic E-state index is -0.797. The molecule has 0 radical (unpaired) electrons. The molecule has 0 aliphatic rings. The highest BCUT2D eigenvalue weighted by Crippen LogP contribution is 2.27. The van der Waals surface area contributed by atoms with Crippen molar-refractivity contribution in [2.24, 2.45) is 0 Å². The molecule has 0 rings (SSSR count). The molecule has 2 heteroatoms. The second-order valence-corrected chi connectivity index (χ2v) is 10.5. The number of unbranched alkanes of at least 4 members (excludes halogenated alkanes) is 3. The monoisotopic (exact) mass is 232 g/mol. The van der Waals surface area contributed by atoms with Crippen molar-refractivity contribution in [3.8, 4) is 0 Å². The van der Waals surface area contributed by atoms with E-state index in [2.05, 4.69) is 33.4 Å². The maximum Gasteiger partial charge on any atom is 0.0527 e. The summed E-state index contributed by atoms with van der Waals surface area (Å²) in [5.74, 6) is 1.07. The molecule has 14 heavy (non-hydrogen) atoms. The Hall–Kier alpha value is 0.567. The zero-order chi connectivity index (χ0) is 10.9. The first-order valence-electron chi connectivity index (χ1n) is 6.35. The largest absolute Gasteiger partial charge is 0.179 e. The van der Waals surface area contributed by atoms with Gasteiger partial charge in [-0.25, -0.2) is 0 Å². The van der Waals surface area contributed by atoms with Gasteiger partial charge in [-0.05, 0) is 12.2 Å². The molecule has 0 bridgehead atoms. The minimum absolute atomic E-state index is 0.797. The van der Waals surface area contributed by atoms with Gasteiger partial charge in [0.2, 0.25) is 0 Å². The first-order chi connectivity index (χ1) is 6.74. The quantitative estimate of drug-likeness (QED) is 0.323. The van der Waals surface area contributed by atoms with Gasteiger partial charge in [-0.3, -0.25) is 0 Å². The molecule has 0 atom stereocenters. The van der Waals surface area contributed by atoms with E-state index in [1.165, 1.54) is 43.8 Å². The molecule has 0 aromatic heterocycles. The Balaban J connectivity index is 3.61. The van der Waals surface area contributed by atoms with E-state index in [0.717, 1.165) is 5.75 Å². The van der Waals surface area contributed by atoms with E-state index in [4.69, 9.17) is 0 Å². The Morgan fingerprint density at radius 3 is 1.71 bits per heavy atom. The summed E-state index contributed by atoms with van der Waals surface area (Å²) in [6.45, 7) is 7.23. The summed E-state index contributed by atoms with van der Waals surface area (Å²) in [5.41, 5.74) is 0. The van der Waals surface area contributed by atoms with Gasteiger partial charge in [0.1, 0.15) is 0 Å². The van der Waals surface area contributed by atoms with Gasteiger partial charge in [-0.2, -0.15) is 12.6 Å². The molecule has 0 aromatic carbocycles. The van der Waals surface area contributed by atoms with E-state index >= 15 is 0 Å². The highest BCUT2D eigenvalue weighted by Gasteiger charge is 2.25. The second kappa shape index (κ2) is 8.84. The maximum atomic E-state index is 4.24. The third kappa shape index (κ3) is 5.45. The lowest BCUT2D eigenvalue weighted by Gasteiger charge is -2.27. The van der Waals surface area contributed by atoms with Gasteiger partial charge in [0.25, 0.3) is 0 Å². The molecule has 0 nitrogen and oxygen atoms in total. The van der Waals surface area contributed by atoms with Crippen LogP contribution >= 0.6 is 12.6 Å². The third-order valence-electron chi connectivity index (χ3n) is 3.87. The summed E-state index contributed by atoms with van der Waals surface area (Å²) in [6.07, 6.45) is 5.62. The highest BCUT2D eigenvalue weighted by molar-refractivity contribution is 7.80. The normalized spacial score (nSPS) is 12.0. The van der Waals surface area contributed by atoms with Crippen LogP contribution in [-0.2, 0) is 0 Å². The van der Waals surface area contributed by atoms with Crippen LogP contribution in [0, 0.1) is 0 Å². The molecule has 0 heterocycles. The highest BCUT2D eigenvalue weighted by atomic mass is 32.1. The Bertz CT molecular complexity index is 113. The van der Waals surface area contributed by atoms with Crippen LogP contribution in [0.3, 0.4) is 0 Å². The van der Waals surface area contributed by atoms with Gasteiger partial charge in [0.15, 0.2) is 0 Å². The van der Waals surface area contributed by atoms with Crippen molar-refractivity contribution >= 4 is 20.7 Å². The van der Waals surface area contributed by atoms with Crippen LogP contribution in [0.2, 0.25) is 24.2 Å². The summed E-state index contributed by atoms with van der Waals surface area (Å²) < 4.78 is 0. The van der Waals surface area contributed by atoms with E-state index in [0.29, 0.717) is 0 Å². The van der Waals surface area contributed by atoms with Gasteiger partial charge < -0.3 is 0 Å². The molecule has 0 unspecified atom stereocenters. The van der Waals surface area contributed by atoms with Gasteiger partial charge in [-0.1, -0.05) is 64.2 Å². The van der Waals surface area contributed by atoms with Gasteiger partial charge in [0, 0.05) is 0 Å². The SMILES string of the molecule is CC[Si](CC)(CC)CCCCCCS. The van der Waals surface area contributed by atoms with Crippen molar-refractivity contribution < 1.29 is 0 Å². The lowest BCUT2D eigenvalue weighted by atomic mass is 10.2. The number of rotatable bonds is 9. The van der Waals surface area contributed by atoms with Crippen LogP contribution in [-0.4, -0.2) is 13.8 Å². The number of thiol groups is 1. The minimum Gasteiger partial charge on any atom is -0.179 e. The average Bonchev–Trinajstić information content (AvgIpc) is 2.24. The van der Waals surface area contributed by atoms with Crippen molar-refractivity contribution in [1.29, 1.82) is 0 Å². The van der Waals surface area contributed by atoms with Crippen molar-refractivity contribution in [3.63, 3.8) is 0 Å². The molecule has 0 saturated carbocycles. The predicted molar refractivity (Wildman–Crippen MR) is 74.3 cm³/mol. The Morgan fingerprint density at radius 1 is 0.786 bits per heavy atom. The van der Waals surface area contributed by atoms with Gasteiger partial charge in [0.05, 0.1) is 8.07 Å². The maximum absolute atomic E-state index is 4.24. The topological polar surface area (TPSA) is 0 Å². The third-order valence-corrected chi connectivity index (χ3v) is 10.1. The molecule has 0 spiro atoms. The van der Waals surface area contributed by atoms with Crippen molar-refractivity contribution in [2.45, 2.75) is 70.6 Å². The van der Waals surface area contributed by atoms with E-state index < -0.39 is 8.07 Å². The molecule has 0 aromatic rings. The fourth-order valence-electron chi connectivity index (χ4n) is 2.25. The fourth-order valence-corrected chi connectivity index (χ4v) is 6.03. The Morgan fingerprint density at radius 2 is 1.29 bits per heavy atom. The number of hydrogen-bond acceptors (Lipinski definition) is 1. The Labute approximate surface area is 97.3 Å². The fraction of sp³-hybridized carbons (Fsp3) is 1.00. The molecular weight excluding hydrogens is 204 g/mol. The molecule has 0 saturated heterocycles. The molecule has 86 valence electrons. The van der Waals surface area contributed by atoms with Crippen LogP contribution in [0.1, 0.15) is 46.5 Å². The van der Waals surface area contributed by atoms with Crippen LogP contribution in [0.25, 0.3) is 0 Å². The van der Waals surface area contributed by atoms with Crippen molar-refractivity contribution in [3.05, 3.63) is 0 Å². The van der Waals surface area contributed by atoms with Crippen LogP contribution in [0.4, 0.5) is 0 Å². The van der Waals surface area contributed by atoms with E-state index in [1.807, 2.05) is 0 Å². The summed E-state index contributed by atoms with van der Waals surface area (Å²) in [4.78, 5) is 0. The smallest absolute Gasteiger partial charge is 0.0527 e. The van der Waals surface area contributed by atoms with Crippen LogP contribution in [0.15, 0.2) is 0 Å². The van der Waals surface area contributed by atoms with Gasteiger partial charge in [-0.15, -0.1) is 0 Å². The number of hydrogen-bond donors (Lipinski definition) is 1. The first-order valence-corrected chi connectivity index (χ1v) is 9.81. The van der Waals surface area contributed by atoms with E-state index in [9.17, 15) is 0 Å². The summed E-state index contributed by atoms with van der Waals surface area (Å²) >= 11 is 4.24. The zero-order valence-corrected chi connectivity index (χ0v) is 12.2. The molecule has 0 N–H and O–H groups in total. The lowest BCUT2D eigenvalue weighted by molar-refractivity contribution is 0.698. The molecule has 0 fully saturated rings. The first kappa shape index (κ1) is 14.6. The van der Waals surface area contributed by atoms with Crippen molar-refractivity contribution in [2.75, 3.05) is 5.75 Å².